The van der Waals surface area contributed by atoms with E-state index in [1.807, 2.05) is 22.6 Å². The number of nitrogen functional groups attached to an aromatic ring is 1. The van der Waals surface area contributed by atoms with Crippen LogP contribution in [0.1, 0.15) is 6.23 Å². The third kappa shape index (κ3) is 2.99. The van der Waals surface area contributed by atoms with Crippen molar-refractivity contribution in [2.24, 2.45) is 0 Å². The van der Waals surface area contributed by atoms with Gasteiger partial charge in [0.2, 0.25) is 0 Å². The molecule has 4 atom stereocenters. The first kappa shape index (κ1) is 16.6. The lowest BCUT2D eigenvalue weighted by Crippen LogP contribution is -2.34. The van der Waals surface area contributed by atoms with Crippen LogP contribution in [0.15, 0.2) is 11.0 Å². The third-order valence-corrected chi connectivity index (χ3v) is 3.51. The van der Waals surface area contributed by atoms with Crippen molar-refractivity contribution in [1.29, 1.82) is 0 Å². The van der Waals surface area contributed by atoms with E-state index in [4.69, 9.17) is 15.6 Å². The molecule has 1 fully saturated rings. The molecule has 1 aromatic rings. The highest BCUT2D eigenvalue weighted by atomic mass is 127. The summed E-state index contributed by atoms with van der Waals surface area (Å²) in [4.78, 5) is 15.1. The van der Waals surface area contributed by atoms with E-state index >= 15 is 0 Å². The van der Waals surface area contributed by atoms with Gasteiger partial charge in [0, 0.05) is 6.20 Å². The van der Waals surface area contributed by atoms with Crippen molar-refractivity contribution >= 4 is 40.8 Å². The van der Waals surface area contributed by atoms with Gasteiger partial charge in [-0.3, -0.25) is 4.57 Å². The lowest BCUT2D eigenvalue weighted by Gasteiger charge is -2.16. The van der Waals surface area contributed by atoms with Crippen molar-refractivity contribution < 1.29 is 19.3 Å². The fourth-order valence-corrected chi connectivity index (χ4v) is 2.14. The molecule has 7 nitrogen and oxygen atoms in total. The van der Waals surface area contributed by atoms with E-state index in [0.29, 0.717) is 3.57 Å². The Morgan fingerprint density at radius 2 is 2.26 bits per heavy atom. The van der Waals surface area contributed by atoms with Gasteiger partial charge in [0.25, 0.3) is 0 Å². The van der Waals surface area contributed by atoms with Gasteiger partial charge in [0.15, 0.2) is 12.4 Å². The summed E-state index contributed by atoms with van der Waals surface area (Å²) in [5.74, 6) is 0.0458. The average Bonchev–Trinajstić information content (AvgIpc) is 2.61. The molecule has 1 aromatic heterocycles. The predicted octanol–water partition coefficient (Wildman–Crippen LogP) is -0.559. The number of aliphatic hydroxyl groups excluding tert-OH is 2. The minimum absolute atomic E-state index is 0. The molecule has 0 amide bonds. The molecule has 0 saturated carbocycles. The van der Waals surface area contributed by atoms with Gasteiger partial charge in [-0.25, -0.2) is 9.18 Å². The summed E-state index contributed by atoms with van der Waals surface area (Å²) in [6, 6.07) is 0. The maximum Gasteiger partial charge on any atom is 0.351 e. The van der Waals surface area contributed by atoms with Crippen molar-refractivity contribution in [1.82, 2.24) is 9.55 Å². The van der Waals surface area contributed by atoms with Gasteiger partial charge < -0.3 is 20.7 Å². The third-order valence-electron chi connectivity index (χ3n) is 2.68. The maximum absolute atomic E-state index is 13.8. The van der Waals surface area contributed by atoms with Crippen molar-refractivity contribution in [2.75, 3.05) is 12.3 Å². The van der Waals surface area contributed by atoms with Crippen molar-refractivity contribution in [2.45, 2.75) is 24.6 Å². The van der Waals surface area contributed by atoms with Crippen LogP contribution in [0.25, 0.3) is 0 Å². The van der Waals surface area contributed by atoms with Gasteiger partial charge in [-0.1, -0.05) is 0 Å². The number of hydrogen-bond acceptors (Lipinski definition) is 6. The molecule has 2 heterocycles. The fraction of sp³-hybridized carbons (Fsp3) is 0.556. The Hall–Kier alpha value is -0.490. The van der Waals surface area contributed by atoms with E-state index in [0.717, 1.165) is 4.57 Å². The van der Waals surface area contributed by atoms with E-state index in [9.17, 15) is 14.3 Å². The van der Waals surface area contributed by atoms with Crippen LogP contribution in [0.3, 0.4) is 0 Å². The van der Waals surface area contributed by atoms with E-state index in [-0.39, 0.29) is 18.2 Å². The van der Waals surface area contributed by atoms with Crippen LogP contribution in [0.5, 0.6) is 0 Å². The molecule has 0 aromatic carbocycles. The number of nitrogens with zero attached hydrogens (tertiary/aromatic N) is 2. The molecule has 1 saturated heterocycles. The van der Waals surface area contributed by atoms with Gasteiger partial charge >= 0.3 is 5.69 Å². The van der Waals surface area contributed by atoms with E-state index in [1.54, 1.807) is 0 Å². The summed E-state index contributed by atoms with van der Waals surface area (Å²) < 4.78 is 20.3. The molecule has 1 aliphatic rings. The molecule has 1 aliphatic heterocycles. The highest BCUT2D eigenvalue weighted by Crippen LogP contribution is 2.31. The van der Waals surface area contributed by atoms with E-state index in [1.165, 1.54) is 6.20 Å². The van der Waals surface area contributed by atoms with Gasteiger partial charge in [-0.05, 0) is 22.6 Å². The van der Waals surface area contributed by atoms with Crippen LogP contribution in [0.4, 0.5) is 10.2 Å². The normalized spacial score (nSPS) is 30.1. The first-order valence-electron chi connectivity index (χ1n) is 5.08. The monoisotopic (exact) mass is 407 g/mol. The van der Waals surface area contributed by atoms with Crippen molar-refractivity contribution in [3.8, 4) is 0 Å². The first-order chi connectivity index (χ1) is 8.45. The lowest BCUT2D eigenvalue weighted by molar-refractivity contribution is -0.0491. The second-order valence-electron chi connectivity index (χ2n) is 3.85. The molecular weight excluding hydrogens is 395 g/mol. The van der Waals surface area contributed by atoms with Crippen LogP contribution in [-0.2, 0) is 4.74 Å². The quantitative estimate of drug-likeness (QED) is 0.567. The Bertz CT molecular complexity index is 517. The van der Waals surface area contributed by atoms with Gasteiger partial charge in [-0.2, -0.15) is 4.98 Å². The molecule has 0 bridgehead atoms. The second-order valence-corrected chi connectivity index (χ2v) is 5.01. The zero-order valence-corrected chi connectivity index (χ0v) is 12.4. The highest BCUT2D eigenvalue weighted by Gasteiger charge is 2.45. The summed E-state index contributed by atoms with van der Waals surface area (Å²) in [5, 5.41) is 18.4. The fourth-order valence-electron chi connectivity index (χ4n) is 1.72. The Morgan fingerprint density at radius 1 is 1.63 bits per heavy atom. The Kier molecular flexibility index (Phi) is 5.50. The molecule has 0 radical (unpaired) electrons. The lowest BCUT2D eigenvalue weighted by atomic mass is 10.1. The molecule has 2 rings (SSSR count). The zero-order chi connectivity index (χ0) is 13.4. The standard InChI is InChI=1S/C9H11FIN3O4.ClH/c10-5-6(16)4(2-15)18-8(5)14-1-3(11)7(12)13-9(14)17;/h1,4-6,8,15-16H,2H2,(H2,12,13,17);1H/t4-,5+,6-,8-;/m1./s1. The number of ether oxygens (including phenoxy) is 1. The van der Waals surface area contributed by atoms with Crippen LogP contribution in [0, 0.1) is 3.57 Å². The van der Waals surface area contributed by atoms with Crippen LogP contribution < -0.4 is 11.4 Å². The minimum atomic E-state index is -1.82. The van der Waals surface area contributed by atoms with Gasteiger partial charge in [-0.15, -0.1) is 12.4 Å². The number of hydrogen-bond donors (Lipinski definition) is 3. The van der Waals surface area contributed by atoms with Crippen molar-refractivity contribution in [3.05, 3.63) is 20.3 Å². The first-order valence-corrected chi connectivity index (χ1v) is 6.16. The van der Waals surface area contributed by atoms with Gasteiger partial charge in [0.1, 0.15) is 18.0 Å². The summed E-state index contributed by atoms with van der Waals surface area (Å²) in [6.07, 6.45) is -4.38. The maximum atomic E-state index is 13.8. The number of alkyl halides is 1. The Balaban J connectivity index is 0.00000180. The number of halogens is 3. The smallest absolute Gasteiger partial charge is 0.351 e. The Labute approximate surface area is 127 Å². The molecule has 4 N–H and O–H groups in total. The molecular formula is C9H12ClFIN3O4. The topological polar surface area (TPSA) is 111 Å². The number of nitrogens with two attached hydrogens (primary N) is 1. The molecule has 10 heteroatoms. The highest BCUT2D eigenvalue weighted by molar-refractivity contribution is 14.1. The SMILES string of the molecule is Cl.Nc1nc(=O)n([C@@H]2O[C@H](CO)[C@@H](O)[C@@H]2F)cc1I. The van der Waals surface area contributed by atoms with Gasteiger partial charge in [0.05, 0.1) is 10.2 Å². The van der Waals surface area contributed by atoms with Crippen LogP contribution in [-0.4, -0.2) is 44.8 Å². The number of aliphatic hydroxyl groups is 2. The zero-order valence-electron chi connectivity index (χ0n) is 9.44. The second kappa shape index (κ2) is 6.31. The molecule has 19 heavy (non-hydrogen) atoms. The predicted molar refractivity (Wildman–Crippen MR) is 74.8 cm³/mol. The van der Waals surface area contributed by atoms with E-state index < -0.39 is 36.9 Å². The molecule has 0 aliphatic carbocycles. The number of aromatic nitrogens is 2. The van der Waals surface area contributed by atoms with Crippen LogP contribution in [0.2, 0.25) is 0 Å². The van der Waals surface area contributed by atoms with Crippen LogP contribution >= 0.6 is 35.0 Å². The van der Waals surface area contributed by atoms with E-state index in [2.05, 4.69) is 4.98 Å². The summed E-state index contributed by atoms with van der Waals surface area (Å²) in [6.45, 7) is -0.535. The average molecular weight is 408 g/mol. The number of rotatable bonds is 2. The minimum Gasteiger partial charge on any atom is -0.394 e. The molecule has 108 valence electrons. The summed E-state index contributed by atoms with van der Waals surface area (Å²) in [5.41, 5.74) is 4.68. The molecule has 0 unspecified atom stereocenters. The Morgan fingerprint density at radius 3 is 2.79 bits per heavy atom. The largest absolute Gasteiger partial charge is 0.394 e. The summed E-state index contributed by atoms with van der Waals surface area (Å²) >= 11 is 1.84. The van der Waals surface area contributed by atoms with Crippen molar-refractivity contribution in [3.63, 3.8) is 0 Å². The number of anilines is 1. The summed E-state index contributed by atoms with van der Waals surface area (Å²) in [7, 11) is 0. The molecule has 0 spiro atoms.